The molecule has 0 aromatic heterocycles. The minimum Gasteiger partial charge on any atom is -0.372 e. The van der Waals surface area contributed by atoms with Crippen molar-refractivity contribution in [2.75, 3.05) is 31.0 Å². The third-order valence-electron chi connectivity index (χ3n) is 3.69. The van der Waals surface area contributed by atoms with E-state index in [0.717, 1.165) is 0 Å². The maximum absolute atomic E-state index is 3.69. The molecule has 0 saturated heterocycles. The highest BCUT2D eigenvalue weighted by molar-refractivity contribution is 9.10. The second-order valence-electron chi connectivity index (χ2n) is 4.96. The predicted molar refractivity (Wildman–Crippen MR) is 92.5 cm³/mol. The van der Waals surface area contributed by atoms with E-state index in [0.29, 0.717) is 12.1 Å². The van der Waals surface area contributed by atoms with Crippen LogP contribution in [0.3, 0.4) is 0 Å². The summed E-state index contributed by atoms with van der Waals surface area (Å²) in [6.07, 6.45) is 3.38. The fourth-order valence-corrected chi connectivity index (χ4v) is 3.27. The molecule has 0 aliphatic heterocycles. The SMILES string of the molecule is CNC(C)c1ccc(N(C)C(C)CCSC)cc1Br. The van der Waals surface area contributed by atoms with E-state index in [4.69, 9.17) is 0 Å². The van der Waals surface area contributed by atoms with Gasteiger partial charge in [-0.15, -0.1) is 0 Å². The zero-order chi connectivity index (χ0) is 14.4. The molecule has 19 heavy (non-hydrogen) atoms. The largest absolute Gasteiger partial charge is 0.372 e. The first-order valence-corrected chi connectivity index (χ1v) is 8.88. The number of nitrogens with one attached hydrogen (secondary N) is 1. The number of hydrogen-bond donors (Lipinski definition) is 1. The predicted octanol–water partition coefficient (Wildman–Crippen LogP) is 4.31. The van der Waals surface area contributed by atoms with E-state index in [1.807, 2.05) is 18.8 Å². The van der Waals surface area contributed by atoms with Crippen LogP contribution in [0.2, 0.25) is 0 Å². The van der Waals surface area contributed by atoms with Crippen LogP contribution in [0, 0.1) is 0 Å². The molecule has 0 aliphatic rings. The van der Waals surface area contributed by atoms with Crippen LogP contribution in [0.5, 0.6) is 0 Å². The summed E-state index contributed by atoms with van der Waals surface area (Å²) < 4.78 is 1.18. The van der Waals surface area contributed by atoms with Crippen molar-refractivity contribution >= 4 is 33.4 Å². The number of halogens is 1. The van der Waals surface area contributed by atoms with Gasteiger partial charge in [-0.1, -0.05) is 22.0 Å². The Morgan fingerprint density at radius 1 is 1.37 bits per heavy atom. The standard InChI is InChI=1S/C15H25BrN2S/c1-11(8-9-19-5)18(4)13-6-7-14(12(2)17-3)15(16)10-13/h6-7,10-12,17H,8-9H2,1-5H3. The summed E-state index contributed by atoms with van der Waals surface area (Å²) >= 11 is 5.60. The topological polar surface area (TPSA) is 15.3 Å². The Morgan fingerprint density at radius 2 is 2.05 bits per heavy atom. The Balaban J connectivity index is 2.82. The van der Waals surface area contributed by atoms with Gasteiger partial charge in [0.05, 0.1) is 0 Å². The Hall–Kier alpha value is -0.190. The molecule has 0 spiro atoms. The van der Waals surface area contributed by atoms with Crippen molar-refractivity contribution in [2.24, 2.45) is 0 Å². The zero-order valence-electron chi connectivity index (χ0n) is 12.5. The molecule has 2 nitrogen and oxygen atoms in total. The smallest absolute Gasteiger partial charge is 0.0377 e. The van der Waals surface area contributed by atoms with Gasteiger partial charge in [0.15, 0.2) is 0 Å². The molecule has 2 atom stereocenters. The Kier molecular flexibility index (Phi) is 7.26. The molecule has 0 radical (unpaired) electrons. The Bertz CT molecular complexity index is 398. The zero-order valence-corrected chi connectivity index (χ0v) is 14.9. The van der Waals surface area contributed by atoms with Crippen molar-refractivity contribution in [3.63, 3.8) is 0 Å². The fourth-order valence-electron chi connectivity index (χ4n) is 1.98. The highest BCUT2D eigenvalue weighted by Crippen LogP contribution is 2.28. The Morgan fingerprint density at radius 3 is 2.58 bits per heavy atom. The number of benzene rings is 1. The van der Waals surface area contributed by atoms with Gasteiger partial charge >= 0.3 is 0 Å². The van der Waals surface area contributed by atoms with E-state index in [2.05, 4.69) is 71.5 Å². The maximum atomic E-state index is 3.69. The van der Waals surface area contributed by atoms with Gasteiger partial charge in [0.25, 0.3) is 0 Å². The molecule has 0 aliphatic carbocycles. The number of hydrogen-bond acceptors (Lipinski definition) is 3. The van der Waals surface area contributed by atoms with Gasteiger partial charge < -0.3 is 10.2 Å². The molecule has 0 fully saturated rings. The lowest BCUT2D eigenvalue weighted by molar-refractivity contribution is 0.647. The first-order valence-electron chi connectivity index (χ1n) is 6.69. The molecular weight excluding hydrogens is 320 g/mol. The third kappa shape index (κ3) is 4.69. The van der Waals surface area contributed by atoms with Crippen molar-refractivity contribution < 1.29 is 0 Å². The van der Waals surface area contributed by atoms with Gasteiger partial charge in [-0.3, -0.25) is 0 Å². The average molecular weight is 345 g/mol. The average Bonchev–Trinajstić information content (AvgIpc) is 2.42. The van der Waals surface area contributed by atoms with Gasteiger partial charge in [0, 0.05) is 29.3 Å². The van der Waals surface area contributed by atoms with Crippen LogP contribution < -0.4 is 10.2 Å². The quantitative estimate of drug-likeness (QED) is 0.793. The minimum atomic E-state index is 0.364. The summed E-state index contributed by atoms with van der Waals surface area (Å²) in [6, 6.07) is 7.57. The maximum Gasteiger partial charge on any atom is 0.0377 e. The molecule has 0 amide bonds. The molecular formula is C15H25BrN2S. The van der Waals surface area contributed by atoms with Gasteiger partial charge in [-0.2, -0.15) is 11.8 Å². The van der Waals surface area contributed by atoms with Crippen LogP contribution in [-0.2, 0) is 0 Å². The second-order valence-corrected chi connectivity index (χ2v) is 6.80. The molecule has 1 rings (SSSR count). The van der Waals surface area contributed by atoms with Crippen LogP contribution in [0.4, 0.5) is 5.69 Å². The fraction of sp³-hybridized carbons (Fsp3) is 0.600. The van der Waals surface area contributed by atoms with Crippen molar-refractivity contribution in [2.45, 2.75) is 32.4 Å². The molecule has 1 aromatic carbocycles. The molecule has 108 valence electrons. The summed E-state index contributed by atoms with van der Waals surface area (Å²) in [7, 11) is 4.16. The highest BCUT2D eigenvalue weighted by Gasteiger charge is 2.13. The summed E-state index contributed by atoms with van der Waals surface area (Å²) in [5.74, 6) is 1.21. The first kappa shape index (κ1) is 16.9. The lowest BCUT2D eigenvalue weighted by Gasteiger charge is -2.28. The van der Waals surface area contributed by atoms with E-state index in [-0.39, 0.29) is 0 Å². The molecule has 4 heteroatoms. The van der Waals surface area contributed by atoms with Gasteiger partial charge in [0.1, 0.15) is 0 Å². The van der Waals surface area contributed by atoms with Crippen LogP contribution in [0.1, 0.15) is 31.9 Å². The van der Waals surface area contributed by atoms with Gasteiger partial charge in [-0.25, -0.2) is 0 Å². The third-order valence-corrected chi connectivity index (χ3v) is 5.02. The molecule has 1 N–H and O–H groups in total. The summed E-state index contributed by atoms with van der Waals surface area (Å²) in [4.78, 5) is 2.36. The Labute approximate surface area is 130 Å². The van der Waals surface area contributed by atoms with Crippen molar-refractivity contribution in [1.82, 2.24) is 5.32 Å². The van der Waals surface area contributed by atoms with Crippen molar-refractivity contribution in [3.05, 3.63) is 28.2 Å². The lowest BCUT2D eigenvalue weighted by Crippen LogP contribution is -2.29. The minimum absolute atomic E-state index is 0.364. The number of anilines is 1. The second kappa shape index (κ2) is 8.18. The van der Waals surface area contributed by atoms with Crippen LogP contribution in [0.15, 0.2) is 22.7 Å². The molecule has 0 bridgehead atoms. The van der Waals surface area contributed by atoms with Gasteiger partial charge in [0.2, 0.25) is 0 Å². The molecule has 2 unspecified atom stereocenters. The van der Waals surface area contributed by atoms with Gasteiger partial charge in [-0.05, 0) is 57.0 Å². The van der Waals surface area contributed by atoms with Crippen molar-refractivity contribution in [3.8, 4) is 0 Å². The number of nitrogens with zero attached hydrogens (tertiary/aromatic N) is 1. The van der Waals surface area contributed by atoms with E-state index < -0.39 is 0 Å². The number of rotatable bonds is 7. The van der Waals surface area contributed by atoms with E-state index in [9.17, 15) is 0 Å². The first-order chi connectivity index (χ1) is 9.01. The summed E-state index contributed by atoms with van der Waals surface area (Å²) in [5, 5.41) is 3.28. The van der Waals surface area contributed by atoms with Crippen molar-refractivity contribution in [1.29, 1.82) is 0 Å². The van der Waals surface area contributed by atoms with Crippen LogP contribution in [0.25, 0.3) is 0 Å². The summed E-state index contributed by atoms with van der Waals surface area (Å²) in [6.45, 7) is 4.46. The van der Waals surface area contributed by atoms with E-state index in [1.54, 1.807) is 0 Å². The molecule has 0 saturated carbocycles. The van der Waals surface area contributed by atoms with Crippen LogP contribution in [-0.4, -0.2) is 32.1 Å². The number of thioether (sulfide) groups is 1. The monoisotopic (exact) mass is 344 g/mol. The lowest BCUT2D eigenvalue weighted by atomic mass is 10.1. The van der Waals surface area contributed by atoms with Crippen LogP contribution >= 0.6 is 27.7 Å². The molecule has 0 heterocycles. The normalized spacial score (nSPS) is 14.2. The molecule has 1 aromatic rings. The van der Waals surface area contributed by atoms with E-state index >= 15 is 0 Å². The van der Waals surface area contributed by atoms with E-state index in [1.165, 1.54) is 27.9 Å². The summed E-state index contributed by atoms with van der Waals surface area (Å²) in [5.41, 5.74) is 2.57. The highest BCUT2D eigenvalue weighted by atomic mass is 79.9.